The lowest BCUT2D eigenvalue weighted by atomic mass is 9.92. The van der Waals surface area contributed by atoms with E-state index in [1.807, 2.05) is 6.07 Å². The zero-order valence-electron chi connectivity index (χ0n) is 13.2. The van der Waals surface area contributed by atoms with Crippen molar-refractivity contribution < 1.29 is 14.5 Å². The van der Waals surface area contributed by atoms with E-state index in [-0.39, 0.29) is 5.69 Å². The zero-order valence-corrected chi connectivity index (χ0v) is 13.2. The van der Waals surface area contributed by atoms with E-state index >= 15 is 0 Å². The summed E-state index contributed by atoms with van der Waals surface area (Å²) in [6, 6.07) is 13.9. The van der Waals surface area contributed by atoms with Crippen LogP contribution in [0.2, 0.25) is 0 Å². The van der Waals surface area contributed by atoms with Crippen LogP contribution in [0.4, 0.5) is 10.5 Å². The van der Waals surface area contributed by atoms with Crippen molar-refractivity contribution in [1.82, 2.24) is 10.3 Å². The summed E-state index contributed by atoms with van der Waals surface area (Å²) in [6.07, 6.45) is 1.24. The van der Waals surface area contributed by atoms with E-state index in [1.54, 1.807) is 37.3 Å². The molecule has 1 N–H and O–H groups in total. The first kappa shape index (κ1) is 16.3. The Bertz CT molecular complexity index is 881. The zero-order chi connectivity index (χ0) is 18.0. The van der Waals surface area contributed by atoms with E-state index in [4.69, 9.17) is 0 Å². The molecule has 25 heavy (non-hydrogen) atoms. The summed E-state index contributed by atoms with van der Waals surface area (Å²) in [5.74, 6) is -0.523. The van der Waals surface area contributed by atoms with Crippen molar-refractivity contribution in [3.8, 4) is 0 Å². The number of urea groups is 1. The van der Waals surface area contributed by atoms with Crippen molar-refractivity contribution >= 4 is 23.8 Å². The number of hydrogen-bond donors (Lipinski definition) is 1. The van der Waals surface area contributed by atoms with Crippen LogP contribution in [0, 0.1) is 10.1 Å². The van der Waals surface area contributed by atoms with Crippen LogP contribution in [0.1, 0.15) is 18.1 Å². The molecule has 0 unspecified atom stereocenters. The van der Waals surface area contributed by atoms with Crippen LogP contribution in [0.5, 0.6) is 0 Å². The van der Waals surface area contributed by atoms with Crippen LogP contribution in [0.3, 0.4) is 0 Å². The molecule has 3 amide bonds. The highest BCUT2D eigenvalue weighted by Gasteiger charge is 2.49. The number of carbonyl (C=O) groups excluding carboxylic acids is 2. The first-order valence-electron chi connectivity index (χ1n) is 7.42. The molecule has 1 aliphatic rings. The van der Waals surface area contributed by atoms with E-state index < -0.39 is 22.4 Å². The summed E-state index contributed by atoms with van der Waals surface area (Å²) in [5, 5.41) is 18.0. The summed E-state index contributed by atoms with van der Waals surface area (Å²) >= 11 is 0. The Labute approximate surface area is 142 Å². The third-order valence-electron chi connectivity index (χ3n) is 3.92. The Hall–Kier alpha value is -3.55. The number of rotatable bonds is 4. The number of carbonyl (C=O) groups is 2. The molecule has 1 atom stereocenters. The molecule has 8 heteroatoms. The van der Waals surface area contributed by atoms with Crippen LogP contribution in [0.15, 0.2) is 59.7 Å². The van der Waals surface area contributed by atoms with Crippen LogP contribution >= 0.6 is 0 Å². The fraction of sp³-hybridized carbons (Fsp3) is 0.118. The van der Waals surface area contributed by atoms with Crippen molar-refractivity contribution in [2.45, 2.75) is 12.5 Å². The topological polar surface area (TPSA) is 105 Å². The highest BCUT2D eigenvalue weighted by Crippen LogP contribution is 2.28. The van der Waals surface area contributed by atoms with Crippen LogP contribution in [0.25, 0.3) is 0 Å². The molecule has 0 aromatic heterocycles. The average Bonchev–Trinajstić information content (AvgIpc) is 2.84. The number of nitrogens with one attached hydrogen (secondary N) is 1. The van der Waals surface area contributed by atoms with Gasteiger partial charge in [-0.2, -0.15) is 5.10 Å². The van der Waals surface area contributed by atoms with E-state index in [9.17, 15) is 19.7 Å². The Morgan fingerprint density at radius 1 is 1.16 bits per heavy atom. The largest absolute Gasteiger partial charge is 0.346 e. The molecule has 3 rings (SSSR count). The molecule has 1 fully saturated rings. The fourth-order valence-corrected chi connectivity index (χ4v) is 2.54. The number of amides is 3. The second-order valence-electron chi connectivity index (χ2n) is 5.63. The molecule has 0 bridgehead atoms. The molecular weight excluding hydrogens is 324 g/mol. The quantitative estimate of drug-likeness (QED) is 0.400. The second-order valence-corrected chi connectivity index (χ2v) is 5.63. The standard InChI is InChI=1S/C17H14N4O4/c1-17(13-7-3-2-4-8-13)15(22)20(16(23)19-17)18-11-12-6-5-9-14(10-12)21(24)25/h2-11H,1H3,(H,19,23)/b18-11-/t17-/m0/s1. The van der Waals surface area contributed by atoms with Gasteiger partial charge in [0, 0.05) is 17.7 Å². The minimum Gasteiger partial charge on any atom is -0.318 e. The molecule has 0 spiro atoms. The van der Waals surface area contributed by atoms with Gasteiger partial charge in [0.1, 0.15) is 5.54 Å². The third-order valence-corrected chi connectivity index (χ3v) is 3.92. The number of hydrogen-bond acceptors (Lipinski definition) is 5. The lowest BCUT2D eigenvalue weighted by Gasteiger charge is -2.20. The highest BCUT2D eigenvalue weighted by molar-refractivity contribution is 6.07. The molecule has 8 nitrogen and oxygen atoms in total. The van der Waals surface area contributed by atoms with Gasteiger partial charge in [0.2, 0.25) is 0 Å². The average molecular weight is 338 g/mol. The molecular formula is C17H14N4O4. The SMILES string of the molecule is C[C@@]1(c2ccccc2)NC(=O)N(/N=C\c2cccc([N+](=O)[O-])c2)C1=O. The minimum atomic E-state index is -1.21. The third kappa shape index (κ3) is 2.97. The van der Waals surface area contributed by atoms with E-state index in [1.165, 1.54) is 24.4 Å². The van der Waals surface area contributed by atoms with Crippen molar-refractivity contribution in [3.05, 3.63) is 75.8 Å². The van der Waals surface area contributed by atoms with Gasteiger partial charge in [0.25, 0.3) is 11.6 Å². The van der Waals surface area contributed by atoms with E-state index in [0.29, 0.717) is 11.1 Å². The Balaban J connectivity index is 1.86. The summed E-state index contributed by atoms with van der Waals surface area (Å²) in [7, 11) is 0. The molecule has 0 radical (unpaired) electrons. The number of nitro groups is 1. The maximum Gasteiger partial charge on any atom is 0.346 e. The molecule has 2 aromatic rings. The van der Waals surface area contributed by atoms with Crippen molar-refractivity contribution in [2.24, 2.45) is 5.10 Å². The van der Waals surface area contributed by atoms with Crippen LogP contribution < -0.4 is 5.32 Å². The van der Waals surface area contributed by atoms with Gasteiger partial charge in [0.15, 0.2) is 0 Å². The number of hydrazone groups is 1. The van der Waals surface area contributed by atoms with Crippen molar-refractivity contribution in [1.29, 1.82) is 0 Å². The normalized spacial score (nSPS) is 20.1. The number of benzene rings is 2. The molecule has 0 saturated carbocycles. The van der Waals surface area contributed by atoms with Crippen molar-refractivity contribution in [3.63, 3.8) is 0 Å². The van der Waals surface area contributed by atoms with Gasteiger partial charge in [-0.15, -0.1) is 5.01 Å². The van der Waals surface area contributed by atoms with Gasteiger partial charge >= 0.3 is 6.03 Å². The lowest BCUT2D eigenvalue weighted by molar-refractivity contribution is -0.384. The predicted molar refractivity (Wildman–Crippen MR) is 89.9 cm³/mol. The fourth-order valence-electron chi connectivity index (χ4n) is 2.54. The Kier molecular flexibility index (Phi) is 4.02. The van der Waals surface area contributed by atoms with Crippen LogP contribution in [-0.2, 0) is 10.3 Å². The van der Waals surface area contributed by atoms with Gasteiger partial charge in [-0.05, 0) is 12.5 Å². The molecule has 1 saturated heterocycles. The smallest absolute Gasteiger partial charge is 0.318 e. The molecule has 2 aromatic carbocycles. The van der Waals surface area contributed by atoms with E-state index in [2.05, 4.69) is 10.4 Å². The molecule has 1 aliphatic heterocycles. The number of nitrogens with zero attached hydrogens (tertiary/aromatic N) is 3. The Morgan fingerprint density at radius 2 is 1.88 bits per heavy atom. The van der Waals surface area contributed by atoms with Gasteiger partial charge < -0.3 is 5.32 Å². The summed E-state index contributed by atoms with van der Waals surface area (Å²) < 4.78 is 0. The van der Waals surface area contributed by atoms with Gasteiger partial charge in [-0.3, -0.25) is 14.9 Å². The minimum absolute atomic E-state index is 0.102. The van der Waals surface area contributed by atoms with Gasteiger partial charge in [-0.25, -0.2) is 4.79 Å². The van der Waals surface area contributed by atoms with E-state index in [0.717, 1.165) is 5.01 Å². The Morgan fingerprint density at radius 3 is 2.56 bits per heavy atom. The summed E-state index contributed by atoms with van der Waals surface area (Å²) in [6.45, 7) is 1.60. The lowest BCUT2D eigenvalue weighted by Crippen LogP contribution is -2.40. The van der Waals surface area contributed by atoms with Gasteiger partial charge in [-0.1, -0.05) is 42.5 Å². The summed E-state index contributed by atoms with van der Waals surface area (Å²) in [5.41, 5.74) is -0.266. The molecule has 1 heterocycles. The number of non-ortho nitro benzene ring substituents is 1. The number of nitro benzene ring substituents is 1. The maximum atomic E-state index is 12.7. The highest BCUT2D eigenvalue weighted by atomic mass is 16.6. The predicted octanol–water partition coefficient (Wildman–Crippen LogP) is 2.40. The summed E-state index contributed by atoms with van der Waals surface area (Å²) in [4.78, 5) is 35.1. The van der Waals surface area contributed by atoms with Crippen molar-refractivity contribution in [2.75, 3.05) is 0 Å². The van der Waals surface area contributed by atoms with Gasteiger partial charge in [0.05, 0.1) is 11.1 Å². The molecule has 0 aliphatic carbocycles. The first-order valence-corrected chi connectivity index (χ1v) is 7.42. The molecule has 126 valence electrons. The first-order chi connectivity index (χ1) is 11.9. The maximum absolute atomic E-state index is 12.7. The second kappa shape index (κ2) is 6.16. The van der Waals surface area contributed by atoms with Crippen LogP contribution in [-0.4, -0.2) is 28.1 Å². The monoisotopic (exact) mass is 338 g/mol. The number of imide groups is 1.